The molecule has 0 bridgehead atoms. The van der Waals surface area contributed by atoms with Crippen LogP contribution in [-0.2, 0) is 16.1 Å². The van der Waals surface area contributed by atoms with Gasteiger partial charge in [-0.05, 0) is 37.6 Å². The van der Waals surface area contributed by atoms with E-state index in [2.05, 4.69) is 15.9 Å². The fourth-order valence-electron chi connectivity index (χ4n) is 3.57. The molecule has 2 aromatic carbocycles. The highest BCUT2D eigenvalue weighted by molar-refractivity contribution is 9.10. The lowest BCUT2D eigenvalue weighted by Crippen LogP contribution is -2.23. The number of carboxylic acids is 4. The van der Waals surface area contributed by atoms with E-state index in [0.717, 1.165) is 5.57 Å². The van der Waals surface area contributed by atoms with Gasteiger partial charge >= 0.3 is 23.9 Å². The maximum absolute atomic E-state index is 12.3. The first-order chi connectivity index (χ1) is 16.8. The van der Waals surface area contributed by atoms with Crippen LogP contribution in [0, 0.1) is 0 Å². The van der Waals surface area contributed by atoms with Gasteiger partial charge in [-0.3, -0.25) is 0 Å². The summed E-state index contributed by atoms with van der Waals surface area (Å²) in [5.41, 5.74) is -3.95. The molecule has 1 atom stereocenters. The molecule has 0 aromatic heterocycles. The lowest BCUT2D eigenvalue weighted by molar-refractivity contribution is -0.101. The van der Waals surface area contributed by atoms with Crippen LogP contribution in [0.25, 0.3) is 0 Å². The van der Waals surface area contributed by atoms with E-state index >= 15 is 0 Å². The van der Waals surface area contributed by atoms with E-state index in [9.17, 15) is 39.6 Å². The summed E-state index contributed by atoms with van der Waals surface area (Å²) in [7, 11) is 0. The highest BCUT2D eigenvalue weighted by atomic mass is 79.9. The highest BCUT2D eigenvalue weighted by Crippen LogP contribution is 2.39. The Morgan fingerprint density at radius 1 is 0.917 bits per heavy atom. The van der Waals surface area contributed by atoms with Crippen LogP contribution in [0.4, 0.5) is 0 Å². The number of para-hydroxylation sites is 1. The van der Waals surface area contributed by atoms with Crippen LogP contribution in [0.15, 0.2) is 42.0 Å². The molecule has 0 fully saturated rings. The Labute approximate surface area is 212 Å². The highest BCUT2D eigenvalue weighted by Gasteiger charge is 2.38. The molecule has 12 heteroatoms. The van der Waals surface area contributed by atoms with Gasteiger partial charge in [0, 0.05) is 9.89 Å². The molecule has 0 saturated carbocycles. The van der Waals surface area contributed by atoms with Gasteiger partial charge < -0.3 is 34.6 Å². The average Bonchev–Trinajstić information content (AvgIpc) is 3.26. The molecule has 11 nitrogen and oxygen atoms in total. The lowest BCUT2D eigenvalue weighted by Gasteiger charge is -2.21. The van der Waals surface area contributed by atoms with E-state index in [0.29, 0.717) is 0 Å². The molecule has 1 aliphatic rings. The van der Waals surface area contributed by atoms with Crippen molar-refractivity contribution in [3.8, 4) is 11.5 Å². The Hall–Kier alpha value is -3.74. The fourth-order valence-corrected chi connectivity index (χ4v) is 3.82. The molecule has 1 aliphatic heterocycles. The maximum Gasteiger partial charge on any atom is 0.340 e. The van der Waals surface area contributed by atoms with Crippen molar-refractivity contribution < 1.29 is 53.8 Å². The first-order valence-corrected chi connectivity index (χ1v) is 11.1. The van der Waals surface area contributed by atoms with Crippen LogP contribution in [-0.4, -0.2) is 61.5 Å². The lowest BCUT2D eigenvalue weighted by atomic mass is 9.90. The van der Waals surface area contributed by atoms with Crippen LogP contribution < -0.4 is 4.74 Å². The quantitative estimate of drug-likeness (QED) is 0.239. The van der Waals surface area contributed by atoms with Crippen LogP contribution in [0.1, 0.15) is 60.8 Å². The predicted octanol–water partition coefficient (Wildman–Crippen LogP) is 4.24. The van der Waals surface area contributed by atoms with Crippen molar-refractivity contribution in [2.45, 2.75) is 31.1 Å². The van der Waals surface area contributed by atoms with E-state index in [-0.39, 0.29) is 12.4 Å². The summed E-state index contributed by atoms with van der Waals surface area (Å²) in [5, 5.41) is 39.4. The molecule has 0 aliphatic carbocycles. The molecule has 0 radical (unpaired) electrons. The first-order valence-electron chi connectivity index (χ1n) is 10.3. The third-order valence-electron chi connectivity index (χ3n) is 5.27. The summed E-state index contributed by atoms with van der Waals surface area (Å²) in [6.45, 7) is 3.19. The minimum atomic E-state index is -1.90. The third kappa shape index (κ3) is 5.56. The number of halogens is 1. The minimum Gasteiger partial charge on any atom is -0.478 e. The Bertz CT molecular complexity index is 1260. The van der Waals surface area contributed by atoms with Crippen molar-refractivity contribution in [1.29, 1.82) is 0 Å². The zero-order valence-corrected chi connectivity index (χ0v) is 20.6. The van der Waals surface area contributed by atoms with E-state index in [4.69, 9.17) is 14.2 Å². The molecule has 2 aromatic rings. The Morgan fingerprint density at radius 2 is 1.47 bits per heavy atom. The molecule has 190 valence electrons. The zero-order chi connectivity index (χ0) is 26.8. The number of alkyl halides is 1. The summed E-state index contributed by atoms with van der Waals surface area (Å²) in [4.78, 5) is 48.7. The van der Waals surface area contributed by atoms with Crippen molar-refractivity contribution in [1.82, 2.24) is 0 Å². The Morgan fingerprint density at radius 3 is 1.94 bits per heavy atom. The SMILES string of the molecule is CC(C)(Br)C1=CC(OCc2c(C(=O)O)c(Oc3ccccc3)c(C(=O)O)c(C(=O)O)c2C(=O)O)OC1. The fraction of sp³-hybridized carbons (Fsp3) is 0.250. The monoisotopic (exact) mass is 564 g/mol. The van der Waals surface area contributed by atoms with Crippen molar-refractivity contribution in [3.63, 3.8) is 0 Å². The van der Waals surface area contributed by atoms with Gasteiger partial charge in [0.25, 0.3) is 0 Å². The molecule has 0 amide bonds. The number of rotatable bonds is 10. The van der Waals surface area contributed by atoms with Crippen molar-refractivity contribution in [2.24, 2.45) is 0 Å². The predicted molar refractivity (Wildman–Crippen MR) is 126 cm³/mol. The molecule has 3 rings (SSSR count). The number of benzene rings is 2. The van der Waals surface area contributed by atoms with E-state index in [1.165, 1.54) is 24.3 Å². The van der Waals surface area contributed by atoms with Crippen LogP contribution in [0.5, 0.6) is 11.5 Å². The third-order valence-corrected chi connectivity index (χ3v) is 5.78. The van der Waals surface area contributed by atoms with Crippen molar-refractivity contribution in [3.05, 3.63) is 69.8 Å². The Kier molecular flexibility index (Phi) is 7.82. The summed E-state index contributed by atoms with van der Waals surface area (Å²) >= 11 is 3.48. The van der Waals surface area contributed by atoms with Gasteiger partial charge in [-0.2, -0.15) is 0 Å². The number of hydrogen-bond acceptors (Lipinski definition) is 7. The van der Waals surface area contributed by atoms with Gasteiger partial charge in [0.2, 0.25) is 0 Å². The van der Waals surface area contributed by atoms with Gasteiger partial charge in [0.05, 0.1) is 24.3 Å². The Balaban J connectivity index is 2.26. The normalized spacial score (nSPS) is 15.3. The van der Waals surface area contributed by atoms with E-state index in [1.54, 1.807) is 12.1 Å². The molecule has 36 heavy (non-hydrogen) atoms. The summed E-state index contributed by atoms with van der Waals surface area (Å²) < 4.78 is 16.2. The van der Waals surface area contributed by atoms with E-state index in [1.807, 2.05) is 13.8 Å². The second-order valence-electron chi connectivity index (χ2n) is 8.10. The van der Waals surface area contributed by atoms with Gasteiger partial charge in [0.15, 0.2) is 12.0 Å². The number of carbonyl (C=O) groups is 4. The number of carboxylic acid groups (broad SMARTS) is 4. The van der Waals surface area contributed by atoms with E-state index < -0.39 is 74.7 Å². The molecular formula is C24H21BrO11. The van der Waals surface area contributed by atoms with Crippen LogP contribution >= 0.6 is 15.9 Å². The molecule has 0 saturated heterocycles. The summed E-state index contributed by atoms with van der Waals surface area (Å²) in [5.74, 6) is -8.23. The molecular weight excluding hydrogens is 544 g/mol. The van der Waals surface area contributed by atoms with Crippen LogP contribution in [0.2, 0.25) is 0 Å². The molecule has 0 spiro atoms. The maximum atomic E-state index is 12.3. The second kappa shape index (κ2) is 10.5. The van der Waals surface area contributed by atoms with Gasteiger partial charge in [-0.25, -0.2) is 19.2 Å². The number of ether oxygens (including phenoxy) is 3. The second-order valence-corrected chi connectivity index (χ2v) is 10.1. The molecule has 1 heterocycles. The molecule has 4 N–H and O–H groups in total. The van der Waals surface area contributed by atoms with Gasteiger partial charge in [-0.15, -0.1) is 0 Å². The minimum absolute atomic E-state index is 0.0000331. The van der Waals surface area contributed by atoms with Crippen LogP contribution in [0.3, 0.4) is 0 Å². The average molecular weight is 565 g/mol. The first kappa shape index (κ1) is 26.9. The van der Waals surface area contributed by atoms with Gasteiger partial charge in [-0.1, -0.05) is 34.1 Å². The standard InChI is InChI=1S/C24H21BrO11/c1-24(2,25)11-8-14(34-9-11)35-10-13-15(20(26)27)17(22(30)31)18(23(32)33)19(16(13)21(28)29)36-12-6-4-3-5-7-12/h3-8,14H,9-10H2,1-2H3,(H,26,27)(H,28,29)(H,30,31)(H,32,33). The number of aromatic carboxylic acids is 4. The number of hydrogen-bond donors (Lipinski definition) is 4. The van der Waals surface area contributed by atoms with Gasteiger partial charge in [0.1, 0.15) is 16.9 Å². The van der Waals surface area contributed by atoms with Crippen molar-refractivity contribution in [2.75, 3.05) is 6.61 Å². The zero-order valence-electron chi connectivity index (χ0n) is 19.0. The van der Waals surface area contributed by atoms with Crippen molar-refractivity contribution >= 4 is 39.8 Å². The topological polar surface area (TPSA) is 177 Å². The molecule has 1 unspecified atom stereocenters. The summed E-state index contributed by atoms with van der Waals surface area (Å²) in [6, 6.07) is 7.45. The summed E-state index contributed by atoms with van der Waals surface area (Å²) in [6.07, 6.45) is 0.617. The smallest absolute Gasteiger partial charge is 0.340 e. The largest absolute Gasteiger partial charge is 0.478 e.